The van der Waals surface area contributed by atoms with Crippen LogP contribution in [-0.2, 0) is 15.8 Å². The number of nitrogens with one attached hydrogen (secondary N) is 1. The lowest BCUT2D eigenvalue weighted by atomic mass is 10.2. The van der Waals surface area contributed by atoms with Gasteiger partial charge in [0.2, 0.25) is 10.0 Å². The van der Waals surface area contributed by atoms with Crippen molar-refractivity contribution < 1.29 is 12.9 Å². The SMILES string of the molecule is CCN1CCN(C(C)CNC(=NC)N2CCN(S(=O)(=O)Cc3ccon3)CC2)CC1.I. The molecule has 0 aliphatic carbocycles. The van der Waals surface area contributed by atoms with Gasteiger partial charge in [-0.2, -0.15) is 4.31 Å². The molecule has 1 unspecified atom stereocenters. The van der Waals surface area contributed by atoms with Crippen molar-refractivity contribution in [2.24, 2.45) is 4.99 Å². The average Bonchev–Trinajstić information content (AvgIpc) is 3.26. The topological polar surface area (TPSA) is 97.5 Å². The van der Waals surface area contributed by atoms with E-state index in [4.69, 9.17) is 4.52 Å². The highest BCUT2D eigenvalue weighted by Gasteiger charge is 2.29. The second kappa shape index (κ2) is 12.3. The van der Waals surface area contributed by atoms with Crippen molar-refractivity contribution in [3.05, 3.63) is 18.0 Å². The van der Waals surface area contributed by atoms with Gasteiger partial charge >= 0.3 is 0 Å². The Morgan fingerprint density at radius 2 is 1.87 bits per heavy atom. The number of aromatic nitrogens is 1. The minimum Gasteiger partial charge on any atom is -0.364 e. The summed E-state index contributed by atoms with van der Waals surface area (Å²) in [5.74, 6) is 0.710. The zero-order chi connectivity index (χ0) is 21.6. The van der Waals surface area contributed by atoms with Gasteiger partial charge in [0.25, 0.3) is 0 Å². The van der Waals surface area contributed by atoms with Crippen molar-refractivity contribution in [3.8, 4) is 0 Å². The van der Waals surface area contributed by atoms with E-state index >= 15 is 0 Å². The molecule has 31 heavy (non-hydrogen) atoms. The lowest BCUT2D eigenvalue weighted by Gasteiger charge is -2.39. The van der Waals surface area contributed by atoms with Crippen LogP contribution in [0.2, 0.25) is 0 Å². The van der Waals surface area contributed by atoms with Gasteiger partial charge in [-0.3, -0.25) is 9.89 Å². The van der Waals surface area contributed by atoms with E-state index in [9.17, 15) is 8.42 Å². The van der Waals surface area contributed by atoms with Crippen molar-refractivity contribution in [1.82, 2.24) is 29.5 Å². The second-order valence-electron chi connectivity index (χ2n) is 7.88. The van der Waals surface area contributed by atoms with E-state index in [1.807, 2.05) is 0 Å². The molecule has 0 aromatic carbocycles. The lowest BCUT2D eigenvalue weighted by molar-refractivity contribution is 0.106. The predicted octanol–water partition coefficient (Wildman–Crippen LogP) is 0.341. The van der Waals surface area contributed by atoms with Gasteiger partial charge < -0.3 is 19.6 Å². The molecule has 1 N–H and O–H groups in total. The molecule has 0 spiro atoms. The quantitative estimate of drug-likeness (QED) is 0.286. The van der Waals surface area contributed by atoms with Crippen LogP contribution in [0.25, 0.3) is 0 Å². The molecule has 2 saturated heterocycles. The predicted molar refractivity (Wildman–Crippen MR) is 132 cm³/mol. The monoisotopic (exact) mass is 569 g/mol. The first kappa shape index (κ1) is 26.3. The summed E-state index contributed by atoms with van der Waals surface area (Å²) in [7, 11) is -1.62. The zero-order valence-electron chi connectivity index (χ0n) is 18.7. The highest BCUT2D eigenvalue weighted by atomic mass is 127. The van der Waals surface area contributed by atoms with Crippen LogP contribution in [0.4, 0.5) is 0 Å². The van der Waals surface area contributed by atoms with Crippen molar-refractivity contribution >= 4 is 40.0 Å². The molecule has 0 saturated carbocycles. The van der Waals surface area contributed by atoms with Gasteiger partial charge in [0.15, 0.2) is 5.96 Å². The van der Waals surface area contributed by atoms with Crippen molar-refractivity contribution in [3.63, 3.8) is 0 Å². The highest BCUT2D eigenvalue weighted by molar-refractivity contribution is 14.0. The Balaban J connectivity index is 0.00000341. The van der Waals surface area contributed by atoms with E-state index in [0.717, 1.165) is 45.2 Å². The summed E-state index contributed by atoms with van der Waals surface area (Å²) < 4.78 is 31.5. The highest BCUT2D eigenvalue weighted by Crippen LogP contribution is 2.13. The third-order valence-corrected chi connectivity index (χ3v) is 7.81. The molecule has 1 aromatic heterocycles. The molecule has 3 heterocycles. The maximum atomic E-state index is 12.6. The third kappa shape index (κ3) is 7.27. The van der Waals surface area contributed by atoms with Crippen LogP contribution in [0.1, 0.15) is 19.5 Å². The minimum absolute atomic E-state index is 0. The molecule has 0 amide bonds. The summed E-state index contributed by atoms with van der Waals surface area (Å²) in [5.41, 5.74) is 0.434. The summed E-state index contributed by atoms with van der Waals surface area (Å²) in [5, 5.41) is 7.20. The fourth-order valence-electron chi connectivity index (χ4n) is 3.99. The number of halogens is 1. The number of hydrogen-bond donors (Lipinski definition) is 1. The second-order valence-corrected chi connectivity index (χ2v) is 9.85. The van der Waals surface area contributed by atoms with E-state index in [0.29, 0.717) is 37.9 Å². The average molecular weight is 570 g/mol. The molecule has 12 heteroatoms. The number of guanidine groups is 1. The summed E-state index contributed by atoms with van der Waals surface area (Å²) >= 11 is 0. The van der Waals surface area contributed by atoms with Gasteiger partial charge in [-0.15, -0.1) is 24.0 Å². The standard InChI is InChI=1S/C19H35N7O3S.HI/c1-4-23-6-8-24(9-7-23)17(2)15-21-19(20-3)25-10-12-26(13-11-25)30(27,28)16-18-5-14-29-22-18;/h5,14,17H,4,6-13,15-16H2,1-3H3,(H,20,21);1H. The molecule has 2 fully saturated rings. The van der Waals surface area contributed by atoms with Gasteiger partial charge in [-0.25, -0.2) is 8.42 Å². The number of aliphatic imine (C=N–C) groups is 1. The Labute approximate surface area is 203 Å². The summed E-state index contributed by atoms with van der Waals surface area (Å²) in [6, 6.07) is 2.01. The molecule has 1 aromatic rings. The molecular weight excluding hydrogens is 533 g/mol. The Morgan fingerprint density at radius 3 is 2.42 bits per heavy atom. The Kier molecular flexibility index (Phi) is 10.5. The fourth-order valence-corrected chi connectivity index (χ4v) is 5.41. The van der Waals surface area contributed by atoms with Gasteiger partial charge in [0, 0.05) is 78.1 Å². The molecule has 178 valence electrons. The Bertz CT molecular complexity index is 774. The molecule has 10 nitrogen and oxygen atoms in total. The lowest BCUT2D eigenvalue weighted by Crippen LogP contribution is -2.56. The number of piperazine rings is 2. The van der Waals surface area contributed by atoms with Gasteiger partial charge in [-0.1, -0.05) is 12.1 Å². The van der Waals surface area contributed by atoms with Gasteiger partial charge in [0.05, 0.1) is 5.69 Å². The number of likely N-dealkylation sites (N-methyl/N-ethyl adjacent to an activating group) is 1. The van der Waals surface area contributed by atoms with Gasteiger partial charge in [-0.05, 0) is 13.5 Å². The first-order chi connectivity index (χ1) is 14.4. The summed E-state index contributed by atoms with van der Waals surface area (Å²) in [6.45, 7) is 12.9. The van der Waals surface area contributed by atoms with Crippen LogP contribution in [0, 0.1) is 0 Å². The number of nitrogens with zero attached hydrogens (tertiary/aromatic N) is 6. The van der Waals surface area contributed by atoms with Crippen LogP contribution in [0.3, 0.4) is 0 Å². The van der Waals surface area contributed by atoms with Crippen molar-refractivity contribution in [1.29, 1.82) is 0 Å². The van der Waals surface area contributed by atoms with Crippen LogP contribution >= 0.6 is 24.0 Å². The molecule has 1 atom stereocenters. The zero-order valence-corrected chi connectivity index (χ0v) is 21.9. The van der Waals surface area contributed by atoms with E-state index < -0.39 is 10.0 Å². The van der Waals surface area contributed by atoms with Crippen molar-refractivity contribution in [2.45, 2.75) is 25.6 Å². The maximum absolute atomic E-state index is 12.6. The number of hydrogen-bond acceptors (Lipinski definition) is 7. The molecular formula is C19H36IN7O3S. The number of sulfonamides is 1. The first-order valence-electron chi connectivity index (χ1n) is 10.7. The van der Waals surface area contributed by atoms with E-state index in [2.05, 4.69) is 44.0 Å². The van der Waals surface area contributed by atoms with E-state index in [1.54, 1.807) is 13.1 Å². The molecule has 0 radical (unpaired) electrons. The van der Waals surface area contributed by atoms with E-state index in [1.165, 1.54) is 10.6 Å². The Morgan fingerprint density at radius 1 is 1.19 bits per heavy atom. The van der Waals surface area contributed by atoms with Crippen LogP contribution < -0.4 is 5.32 Å². The summed E-state index contributed by atoms with van der Waals surface area (Å²) in [6.07, 6.45) is 1.39. The third-order valence-electron chi connectivity index (χ3n) is 6.00. The molecule has 3 rings (SSSR count). The normalized spacial score (nSPS) is 21.0. The Hall–Kier alpha value is -0.960. The minimum atomic E-state index is -3.40. The van der Waals surface area contributed by atoms with Gasteiger partial charge in [0.1, 0.15) is 12.0 Å². The molecule has 2 aliphatic heterocycles. The van der Waals surface area contributed by atoms with Crippen LogP contribution in [0.5, 0.6) is 0 Å². The van der Waals surface area contributed by atoms with E-state index in [-0.39, 0.29) is 29.7 Å². The fraction of sp³-hybridized carbons (Fsp3) is 0.789. The molecule has 0 bridgehead atoms. The van der Waals surface area contributed by atoms with Crippen molar-refractivity contribution in [2.75, 3.05) is 72.5 Å². The first-order valence-corrected chi connectivity index (χ1v) is 12.3. The number of rotatable bonds is 7. The summed E-state index contributed by atoms with van der Waals surface area (Å²) in [4.78, 5) is 11.5. The van der Waals surface area contributed by atoms with Crippen LogP contribution in [0.15, 0.2) is 21.8 Å². The largest absolute Gasteiger partial charge is 0.364 e. The smallest absolute Gasteiger partial charge is 0.220 e. The van der Waals surface area contributed by atoms with Crippen LogP contribution in [-0.4, -0.2) is 117 Å². The maximum Gasteiger partial charge on any atom is 0.220 e. The molecule has 2 aliphatic rings.